The summed E-state index contributed by atoms with van der Waals surface area (Å²) in [5.41, 5.74) is 3.20. The predicted octanol–water partition coefficient (Wildman–Crippen LogP) is 4.86. The van der Waals surface area contributed by atoms with Gasteiger partial charge in [-0.3, -0.25) is 19.3 Å². The molecule has 0 bridgehead atoms. The van der Waals surface area contributed by atoms with Crippen molar-refractivity contribution in [1.82, 2.24) is 0 Å². The minimum Gasteiger partial charge on any atom is -0.507 e. The Labute approximate surface area is 203 Å². The summed E-state index contributed by atoms with van der Waals surface area (Å²) in [4.78, 5) is 39.4. The Morgan fingerprint density at radius 2 is 1.57 bits per heavy atom. The molecule has 3 aromatic carbocycles. The fourth-order valence-corrected chi connectivity index (χ4v) is 4.37. The Kier molecular flexibility index (Phi) is 6.42. The third-order valence-corrected chi connectivity index (χ3v) is 5.75. The van der Waals surface area contributed by atoms with E-state index in [4.69, 9.17) is 9.47 Å². The topological polar surface area (TPSA) is 93.1 Å². The highest BCUT2D eigenvalue weighted by Crippen LogP contribution is 2.43. The normalized spacial score (nSPS) is 16.9. The van der Waals surface area contributed by atoms with Gasteiger partial charge in [0.1, 0.15) is 17.3 Å². The van der Waals surface area contributed by atoms with E-state index in [2.05, 4.69) is 0 Å². The zero-order valence-corrected chi connectivity index (χ0v) is 19.9. The van der Waals surface area contributed by atoms with E-state index in [1.165, 1.54) is 18.9 Å². The number of para-hydroxylation sites is 1. The van der Waals surface area contributed by atoms with Crippen molar-refractivity contribution in [2.45, 2.75) is 26.8 Å². The summed E-state index contributed by atoms with van der Waals surface area (Å²) in [6, 6.07) is 17.9. The predicted molar refractivity (Wildman–Crippen MR) is 131 cm³/mol. The van der Waals surface area contributed by atoms with E-state index < -0.39 is 23.7 Å². The Balaban J connectivity index is 1.95. The molecule has 4 rings (SSSR count). The Bertz CT molecular complexity index is 1340. The second-order valence-electron chi connectivity index (χ2n) is 8.38. The van der Waals surface area contributed by atoms with E-state index in [9.17, 15) is 19.5 Å². The monoisotopic (exact) mass is 471 g/mol. The molecule has 7 heteroatoms. The van der Waals surface area contributed by atoms with Gasteiger partial charge in [-0.25, -0.2) is 0 Å². The van der Waals surface area contributed by atoms with Crippen LogP contribution in [0.2, 0.25) is 0 Å². The lowest BCUT2D eigenvalue weighted by Crippen LogP contribution is -2.29. The smallest absolute Gasteiger partial charge is 0.308 e. The lowest BCUT2D eigenvalue weighted by molar-refractivity contribution is -0.132. The number of methoxy groups -OCH3 is 1. The molecule has 0 spiro atoms. The molecule has 7 nitrogen and oxygen atoms in total. The fraction of sp³-hybridized carbons (Fsp3) is 0.179. The number of carbonyl (C=O) groups is 3. The van der Waals surface area contributed by atoms with Crippen LogP contribution in [0.4, 0.5) is 5.69 Å². The Hall–Kier alpha value is -4.39. The fourth-order valence-electron chi connectivity index (χ4n) is 4.37. The number of rotatable bonds is 5. The number of aliphatic hydroxyl groups excluding tert-OH is 1. The number of ether oxygens (including phenoxy) is 2. The van der Waals surface area contributed by atoms with E-state index in [1.54, 1.807) is 48.5 Å². The van der Waals surface area contributed by atoms with Crippen molar-refractivity contribution in [2.75, 3.05) is 12.0 Å². The molecule has 1 fully saturated rings. The number of hydrogen-bond acceptors (Lipinski definition) is 6. The molecule has 178 valence electrons. The number of aryl methyl sites for hydroxylation is 2. The van der Waals surface area contributed by atoms with Crippen LogP contribution in [0.5, 0.6) is 11.5 Å². The first kappa shape index (κ1) is 23.8. The lowest BCUT2D eigenvalue weighted by atomic mass is 9.94. The van der Waals surface area contributed by atoms with Gasteiger partial charge in [-0.05, 0) is 66.9 Å². The zero-order valence-electron chi connectivity index (χ0n) is 19.9. The maximum atomic E-state index is 13.4. The van der Waals surface area contributed by atoms with Crippen LogP contribution >= 0.6 is 0 Å². The summed E-state index contributed by atoms with van der Waals surface area (Å²) >= 11 is 0. The number of benzene rings is 3. The first-order valence-corrected chi connectivity index (χ1v) is 11.0. The van der Waals surface area contributed by atoms with Crippen LogP contribution < -0.4 is 14.4 Å². The summed E-state index contributed by atoms with van der Waals surface area (Å²) in [6.07, 6.45) is 0. The van der Waals surface area contributed by atoms with E-state index >= 15 is 0 Å². The molecule has 0 saturated carbocycles. The Morgan fingerprint density at radius 3 is 2.17 bits per heavy atom. The molecular weight excluding hydrogens is 446 g/mol. The maximum absolute atomic E-state index is 13.4. The summed E-state index contributed by atoms with van der Waals surface area (Å²) in [6.45, 7) is 5.12. The highest BCUT2D eigenvalue weighted by molar-refractivity contribution is 6.51. The van der Waals surface area contributed by atoms with Crippen molar-refractivity contribution in [2.24, 2.45) is 0 Å². The summed E-state index contributed by atoms with van der Waals surface area (Å²) in [7, 11) is 1.46. The number of carbonyl (C=O) groups excluding carboxylic acids is 3. The molecule has 1 unspecified atom stereocenters. The van der Waals surface area contributed by atoms with Crippen LogP contribution in [0, 0.1) is 13.8 Å². The van der Waals surface area contributed by atoms with Gasteiger partial charge in [0.05, 0.1) is 24.3 Å². The number of anilines is 1. The van der Waals surface area contributed by atoms with Crippen LogP contribution in [-0.2, 0) is 14.4 Å². The van der Waals surface area contributed by atoms with Gasteiger partial charge in [-0.15, -0.1) is 0 Å². The van der Waals surface area contributed by atoms with E-state index in [0.717, 1.165) is 11.1 Å². The largest absolute Gasteiger partial charge is 0.507 e. The van der Waals surface area contributed by atoms with Crippen LogP contribution in [0.1, 0.15) is 35.2 Å². The summed E-state index contributed by atoms with van der Waals surface area (Å²) in [5, 5.41) is 11.3. The van der Waals surface area contributed by atoms with Gasteiger partial charge in [0.2, 0.25) is 0 Å². The first-order valence-electron chi connectivity index (χ1n) is 11.0. The number of nitrogens with zero attached hydrogens (tertiary/aromatic N) is 1. The van der Waals surface area contributed by atoms with Crippen molar-refractivity contribution in [3.63, 3.8) is 0 Å². The van der Waals surface area contributed by atoms with Gasteiger partial charge < -0.3 is 14.6 Å². The van der Waals surface area contributed by atoms with Crippen molar-refractivity contribution >= 4 is 29.1 Å². The second-order valence-corrected chi connectivity index (χ2v) is 8.38. The molecule has 1 aliphatic heterocycles. The number of ketones is 1. The van der Waals surface area contributed by atoms with Crippen molar-refractivity contribution in [3.05, 3.63) is 94.6 Å². The minimum absolute atomic E-state index is 0.0566. The molecule has 1 heterocycles. The molecule has 0 radical (unpaired) electrons. The maximum Gasteiger partial charge on any atom is 0.308 e. The molecular formula is C28H25NO6. The molecule has 1 atom stereocenters. The van der Waals surface area contributed by atoms with Crippen molar-refractivity contribution < 1.29 is 29.0 Å². The van der Waals surface area contributed by atoms with Gasteiger partial charge in [0, 0.05) is 12.6 Å². The van der Waals surface area contributed by atoms with E-state index in [-0.39, 0.29) is 11.3 Å². The zero-order chi connectivity index (χ0) is 25.3. The SMILES string of the molecule is COc1ccccc1/C(O)=C1\C(=O)C(=O)N(c2cc(C)cc(C)c2)C1c1ccc(OC(C)=O)cc1. The molecule has 35 heavy (non-hydrogen) atoms. The van der Waals surface area contributed by atoms with Crippen LogP contribution in [0.15, 0.2) is 72.3 Å². The van der Waals surface area contributed by atoms with E-state index in [1.807, 2.05) is 32.0 Å². The molecule has 1 saturated heterocycles. The molecule has 0 aliphatic carbocycles. The van der Waals surface area contributed by atoms with Crippen molar-refractivity contribution in [3.8, 4) is 11.5 Å². The molecule has 1 N–H and O–H groups in total. The standard InChI is InChI=1S/C28H25NO6/c1-16-13-17(2)15-20(14-16)29-25(19-9-11-21(12-10-19)35-18(3)30)24(27(32)28(29)33)26(31)22-7-5-6-8-23(22)34-4/h5-15,25,31H,1-4H3/b26-24+. The molecule has 1 aliphatic rings. The van der Waals surface area contributed by atoms with E-state index in [0.29, 0.717) is 28.3 Å². The van der Waals surface area contributed by atoms with Crippen LogP contribution in [0.3, 0.4) is 0 Å². The summed E-state index contributed by atoms with van der Waals surface area (Å²) < 4.78 is 10.5. The van der Waals surface area contributed by atoms with Crippen LogP contribution in [0.25, 0.3) is 5.76 Å². The van der Waals surface area contributed by atoms with Gasteiger partial charge in [-0.2, -0.15) is 0 Å². The quantitative estimate of drug-likeness (QED) is 0.188. The second kappa shape index (κ2) is 9.46. The molecule has 3 aromatic rings. The number of hydrogen-bond donors (Lipinski definition) is 1. The van der Waals surface area contributed by atoms with Gasteiger partial charge in [0.15, 0.2) is 0 Å². The molecule has 1 amide bonds. The first-order chi connectivity index (χ1) is 16.7. The number of Topliss-reactive ketones (excluding diaryl/α,β-unsaturated/α-hetero) is 1. The van der Waals surface area contributed by atoms with Gasteiger partial charge in [0.25, 0.3) is 11.7 Å². The van der Waals surface area contributed by atoms with Gasteiger partial charge >= 0.3 is 5.97 Å². The third-order valence-electron chi connectivity index (χ3n) is 5.75. The average Bonchev–Trinajstić information content (AvgIpc) is 3.08. The molecule has 0 aromatic heterocycles. The Morgan fingerprint density at radius 1 is 0.943 bits per heavy atom. The highest BCUT2D eigenvalue weighted by Gasteiger charge is 2.47. The number of esters is 1. The van der Waals surface area contributed by atoms with Gasteiger partial charge in [-0.1, -0.05) is 30.3 Å². The third kappa shape index (κ3) is 4.53. The number of aliphatic hydroxyl groups is 1. The summed E-state index contributed by atoms with van der Waals surface area (Å²) in [5.74, 6) is -1.65. The number of amides is 1. The van der Waals surface area contributed by atoms with Crippen molar-refractivity contribution in [1.29, 1.82) is 0 Å². The minimum atomic E-state index is -0.910. The average molecular weight is 472 g/mol. The van der Waals surface area contributed by atoms with Crippen LogP contribution in [-0.4, -0.2) is 29.9 Å². The highest BCUT2D eigenvalue weighted by atomic mass is 16.5. The lowest BCUT2D eigenvalue weighted by Gasteiger charge is -2.26.